The Hall–Kier alpha value is -3.02. The number of imidazole rings is 1. The second-order valence-corrected chi connectivity index (χ2v) is 5.62. The molecule has 2 aromatic carbocycles. The molecule has 0 aliphatic rings. The molecule has 3 rings (SSSR count). The summed E-state index contributed by atoms with van der Waals surface area (Å²) >= 11 is 0. The number of carbonyl (C=O) groups is 1. The highest BCUT2D eigenvalue weighted by atomic mass is 16.5. The summed E-state index contributed by atoms with van der Waals surface area (Å²) in [4.78, 5) is 26.4. The van der Waals surface area contributed by atoms with Gasteiger partial charge in [-0.3, -0.25) is 9.36 Å². The van der Waals surface area contributed by atoms with Crippen molar-refractivity contribution in [2.45, 2.75) is 12.8 Å². The molecule has 0 saturated carbocycles. The summed E-state index contributed by atoms with van der Waals surface area (Å²) in [5.41, 5.74) is 3.08. The number of benzene rings is 2. The first-order valence-electron chi connectivity index (χ1n) is 7.68. The van der Waals surface area contributed by atoms with Crippen molar-refractivity contribution in [3.05, 3.63) is 58.5 Å². The van der Waals surface area contributed by atoms with Crippen LogP contribution in [0, 0.1) is 0 Å². The molecule has 6 nitrogen and oxygen atoms in total. The molecule has 124 valence electrons. The lowest BCUT2D eigenvalue weighted by atomic mass is 10.1. The summed E-state index contributed by atoms with van der Waals surface area (Å²) < 4.78 is 6.65. The number of aromatic nitrogens is 2. The lowest BCUT2D eigenvalue weighted by Gasteiger charge is -2.06. The predicted octanol–water partition coefficient (Wildman–Crippen LogP) is 2.45. The molecule has 0 aliphatic heterocycles. The molecule has 1 heterocycles. The van der Waals surface area contributed by atoms with E-state index in [0.29, 0.717) is 24.0 Å². The normalized spacial score (nSPS) is 10.8. The summed E-state index contributed by atoms with van der Waals surface area (Å²) in [6.07, 6.45) is 1.04. The standard InChI is InChI=1S/C18H19N3O3/c1-21-16-9-6-13(11-15(16)20-18(21)23)19-17(22)10-5-12-3-7-14(24-2)8-4-12/h3-4,6-9,11H,5,10H2,1-2H3,(H,19,22)(H,20,23). The summed E-state index contributed by atoms with van der Waals surface area (Å²) in [5, 5.41) is 2.86. The molecule has 0 fully saturated rings. The number of H-pyrrole nitrogens is 1. The minimum Gasteiger partial charge on any atom is -0.497 e. The van der Waals surface area contributed by atoms with Gasteiger partial charge in [0.15, 0.2) is 0 Å². The summed E-state index contributed by atoms with van der Waals surface area (Å²) in [7, 11) is 3.33. The zero-order valence-corrected chi connectivity index (χ0v) is 13.6. The topological polar surface area (TPSA) is 76.1 Å². The molecule has 24 heavy (non-hydrogen) atoms. The van der Waals surface area contributed by atoms with E-state index in [4.69, 9.17) is 4.74 Å². The van der Waals surface area contributed by atoms with E-state index in [-0.39, 0.29) is 11.6 Å². The van der Waals surface area contributed by atoms with Crippen LogP contribution in [0.3, 0.4) is 0 Å². The van der Waals surface area contributed by atoms with Crippen LogP contribution in [0.15, 0.2) is 47.3 Å². The van der Waals surface area contributed by atoms with Gasteiger partial charge in [-0.25, -0.2) is 4.79 Å². The highest BCUT2D eigenvalue weighted by molar-refractivity contribution is 5.93. The molecular weight excluding hydrogens is 306 g/mol. The van der Waals surface area contributed by atoms with Crippen molar-refractivity contribution < 1.29 is 9.53 Å². The Balaban J connectivity index is 1.62. The van der Waals surface area contributed by atoms with E-state index in [2.05, 4.69) is 10.3 Å². The molecule has 1 amide bonds. The van der Waals surface area contributed by atoms with Gasteiger partial charge in [0.2, 0.25) is 5.91 Å². The summed E-state index contributed by atoms with van der Waals surface area (Å²) in [6.45, 7) is 0. The van der Waals surface area contributed by atoms with Crippen LogP contribution >= 0.6 is 0 Å². The number of aryl methyl sites for hydroxylation is 2. The van der Waals surface area contributed by atoms with Gasteiger partial charge in [-0.15, -0.1) is 0 Å². The molecule has 0 spiro atoms. The van der Waals surface area contributed by atoms with E-state index in [1.165, 1.54) is 4.57 Å². The molecule has 0 bridgehead atoms. The number of rotatable bonds is 5. The molecule has 1 aromatic heterocycles. The Morgan fingerprint density at radius 1 is 1.21 bits per heavy atom. The van der Waals surface area contributed by atoms with Crippen LogP contribution in [0.5, 0.6) is 5.75 Å². The van der Waals surface area contributed by atoms with Gasteiger partial charge in [0.05, 0.1) is 18.1 Å². The van der Waals surface area contributed by atoms with Crippen LogP contribution in [-0.2, 0) is 18.3 Å². The first kappa shape index (κ1) is 15.9. The molecule has 0 aliphatic carbocycles. The van der Waals surface area contributed by atoms with Crippen LogP contribution in [0.25, 0.3) is 11.0 Å². The second-order valence-electron chi connectivity index (χ2n) is 5.62. The zero-order valence-electron chi connectivity index (χ0n) is 13.6. The smallest absolute Gasteiger partial charge is 0.326 e. The van der Waals surface area contributed by atoms with Crippen molar-refractivity contribution in [1.29, 1.82) is 0 Å². The zero-order chi connectivity index (χ0) is 17.1. The average molecular weight is 325 g/mol. The Morgan fingerprint density at radius 3 is 2.67 bits per heavy atom. The molecule has 3 aromatic rings. The minimum absolute atomic E-state index is 0.0663. The molecule has 2 N–H and O–H groups in total. The Kier molecular flexibility index (Phi) is 4.37. The van der Waals surface area contributed by atoms with Gasteiger partial charge in [-0.2, -0.15) is 0 Å². The fourth-order valence-corrected chi connectivity index (χ4v) is 2.59. The van der Waals surface area contributed by atoms with Crippen molar-refractivity contribution in [3.8, 4) is 5.75 Å². The first-order chi connectivity index (χ1) is 11.6. The highest BCUT2D eigenvalue weighted by Gasteiger charge is 2.07. The maximum atomic E-state index is 12.1. The number of anilines is 1. The number of methoxy groups -OCH3 is 1. The van der Waals surface area contributed by atoms with Gasteiger partial charge in [-0.1, -0.05) is 12.1 Å². The quantitative estimate of drug-likeness (QED) is 0.756. The average Bonchev–Trinajstić information content (AvgIpc) is 2.87. The van der Waals surface area contributed by atoms with Gasteiger partial charge in [0, 0.05) is 19.2 Å². The third-order valence-electron chi connectivity index (χ3n) is 3.99. The number of nitrogens with zero attached hydrogens (tertiary/aromatic N) is 1. The third kappa shape index (κ3) is 3.32. The monoisotopic (exact) mass is 325 g/mol. The number of hydrogen-bond acceptors (Lipinski definition) is 3. The molecular formula is C18H19N3O3. The van der Waals surface area contributed by atoms with Crippen LogP contribution in [0.4, 0.5) is 5.69 Å². The Morgan fingerprint density at radius 2 is 1.96 bits per heavy atom. The predicted molar refractivity (Wildman–Crippen MR) is 93.5 cm³/mol. The number of fused-ring (bicyclic) bond motifs is 1. The molecule has 0 atom stereocenters. The van der Waals surface area contributed by atoms with Crippen molar-refractivity contribution in [1.82, 2.24) is 9.55 Å². The SMILES string of the molecule is COc1ccc(CCC(=O)Nc2ccc3c(c2)[nH]c(=O)n3C)cc1. The Labute approximate surface area is 139 Å². The highest BCUT2D eigenvalue weighted by Crippen LogP contribution is 2.17. The van der Waals surface area contributed by atoms with Crippen molar-refractivity contribution in [3.63, 3.8) is 0 Å². The fourth-order valence-electron chi connectivity index (χ4n) is 2.59. The fraction of sp³-hybridized carbons (Fsp3) is 0.222. The van der Waals surface area contributed by atoms with Crippen LogP contribution in [0.2, 0.25) is 0 Å². The number of nitrogens with one attached hydrogen (secondary N) is 2. The summed E-state index contributed by atoms with van der Waals surface area (Å²) in [6, 6.07) is 13.0. The molecule has 6 heteroatoms. The number of aromatic amines is 1. The van der Waals surface area contributed by atoms with Gasteiger partial charge < -0.3 is 15.0 Å². The van der Waals surface area contributed by atoms with Gasteiger partial charge in [-0.05, 0) is 42.3 Å². The van der Waals surface area contributed by atoms with E-state index in [1.54, 1.807) is 26.3 Å². The van der Waals surface area contributed by atoms with E-state index >= 15 is 0 Å². The maximum Gasteiger partial charge on any atom is 0.326 e. The number of hydrogen-bond donors (Lipinski definition) is 2. The number of ether oxygens (including phenoxy) is 1. The second kappa shape index (κ2) is 6.62. The third-order valence-corrected chi connectivity index (χ3v) is 3.99. The van der Waals surface area contributed by atoms with E-state index in [1.807, 2.05) is 30.3 Å². The van der Waals surface area contributed by atoms with Crippen LogP contribution < -0.4 is 15.7 Å². The van der Waals surface area contributed by atoms with Crippen molar-refractivity contribution in [2.24, 2.45) is 7.05 Å². The maximum absolute atomic E-state index is 12.1. The van der Waals surface area contributed by atoms with Crippen LogP contribution in [-0.4, -0.2) is 22.6 Å². The minimum atomic E-state index is -0.173. The van der Waals surface area contributed by atoms with Crippen LogP contribution in [0.1, 0.15) is 12.0 Å². The van der Waals surface area contributed by atoms with Gasteiger partial charge in [0.25, 0.3) is 0 Å². The van der Waals surface area contributed by atoms with E-state index in [9.17, 15) is 9.59 Å². The molecule has 0 unspecified atom stereocenters. The van der Waals surface area contributed by atoms with Crippen molar-refractivity contribution >= 4 is 22.6 Å². The van der Waals surface area contributed by atoms with Gasteiger partial charge >= 0.3 is 5.69 Å². The van der Waals surface area contributed by atoms with Gasteiger partial charge in [0.1, 0.15) is 5.75 Å². The lowest BCUT2D eigenvalue weighted by Crippen LogP contribution is -2.12. The first-order valence-corrected chi connectivity index (χ1v) is 7.68. The van der Waals surface area contributed by atoms with E-state index < -0.39 is 0 Å². The van der Waals surface area contributed by atoms with Crippen molar-refractivity contribution in [2.75, 3.05) is 12.4 Å². The number of amides is 1. The lowest BCUT2D eigenvalue weighted by molar-refractivity contribution is -0.116. The largest absolute Gasteiger partial charge is 0.497 e. The summed E-state index contributed by atoms with van der Waals surface area (Å²) in [5.74, 6) is 0.733. The van der Waals surface area contributed by atoms with E-state index in [0.717, 1.165) is 16.8 Å². The Bertz CT molecular complexity index is 923. The molecule has 0 saturated heterocycles. The molecule has 0 radical (unpaired) electrons. The number of carbonyl (C=O) groups excluding carboxylic acids is 1.